The quantitative estimate of drug-likeness (QED) is 0.666. The third-order valence-corrected chi connectivity index (χ3v) is 3.96. The van der Waals surface area contributed by atoms with E-state index in [0.29, 0.717) is 15.6 Å². The predicted octanol–water partition coefficient (Wildman–Crippen LogP) is 4.23. The second-order valence-electron chi connectivity index (χ2n) is 4.59. The molecule has 1 amide bonds. The molecule has 0 radical (unpaired) electrons. The fourth-order valence-corrected chi connectivity index (χ4v) is 2.40. The zero-order chi connectivity index (χ0) is 15.6. The van der Waals surface area contributed by atoms with Crippen molar-refractivity contribution in [1.82, 2.24) is 0 Å². The molecule has 0 bridgehead atoms. The minimum absolute atomic E-state index is 0.112. The standard InChI is InChI=1S/C15H13BrN2O3/c1-9-7-8-13(18(20)21)14(10(9)2)17-15(19)11-5-3-4-6-12(11)16/h3-8H,1-2H3,(H,17,19). The summed E-state index contributed by atoms with van der Waals surface area (Å²) in [5.41, 5.74) is 2.11. The maximum Gasteiger partial charge on any atom is 0.293 e. The Morgan fingerprint density at radius 1 is 1.19 bits per heavy atom. The van der Waals surface area contributed by atoms with Gasteiger partial charge in [-0.15, -0.1) is 0 Å². The summed E-state index contributed by atoms with van der Waals surface area (Å²) in [6, 6.07) is 9.99. The molecule has 5 nitrogen and oxygen atoms in total. The van der Waals surface area contributed by atoms with Crippen molar-refractivity contribution >= 4 is 33.2 Å². The molecule has 0 aliphatic heterocycles. The number of nitro groups is 1. The van der Waals surface area contributed by atoms with Gasteiger partial charge in [0.25, 0.3) is 11.6 Å². The van der Waals surface area contributed by atoms with Crippen LogP contribution in [-0.4, -0.2) is 10.8 Å². The number of hydrogen-bond acceptors (Lipinski definition) is 3. The van der Waals surface area contributed by atoms with Gasteiger partial charge in [0.1, 0.15) is 5.69 Å². The first-order valence-corrected chi connectivity index (χ1v) is 7.01. The van der Waals surface area contributed by atoms with Crippen LogP contribution in [0.25, 0.3) is 0 Å². The number of nitrogens with zero attached hydrogens (tertiary/aromatic N) is 1. The van der Waals surface area contributed by atoms with Crippen LogP contribution >= 0.6 is 15.9 Å². The Morgan fingerprint density at radius 3 is 2.48 bits per heavy atom. The van der Waals surface area contributed by atoms with E-state index in [9.17, 15) is 14.9 Å². The average molecular weight is 349 g/mol. The number of benzene rings is 2. The monoisotopic (exact) mass is 348 g/mol. The highest BCUT2D eigenvalue weighted by atomic mass is 79.9. The maximum atomic E-state index is 12.3. The summed E-state index contributed by atoms with van der Waals surface area (Å²) < 4.78 is 0.635. The van der Waals surface area contributed by atoms with E-state index in [1.165, 1.54) is 6.07 Å². The summed E-state index contributed by atoms with van der Waals surface area (Å²) in [7, 11) is 0. The van der Waals surface area contributed by atoms with E-state index in [2.05, 4.69) is 21.2 Å². The molecule has 0 heterocycles. The number of nitro benzene ring substituents is 1. The number of carbonyl (C=O) groups is 1. The highest BCUT2D eigenvalue weighted by Gasteiger charge is 2.20. The van der Waals surface area contributed by atoms with E-state index in [1.807, 2.05) is 6.92 Å². The van der Waals surface area contributed by atoms with Gasteiger partial charge in [-0.3, -0.25) is 14.9 Å². The average Bonchev–Trinajstić information content (AvgIpc) is 2.44. The Hall–Kier alpha value is -2.21. The van der Waals surface area contributed by atoms with Crippen LogP contribution in [-0.2, 0) is 0 Å². The lowest BCUT2D eigenvalue weighted by molar-refractivity contribution is -0.384. The van der Waals surface area contributed by atoms with Crippen molar-refractivity contribution in [3.63, 3.8) is 0 Å². The van der Waals surface area contributed by atoms with Crippen LogP contribution in [0.5, 0.6) is 0 Å². The Balaban J connectivity index is 2.44. The lowest BCUT2D eigenvalue weighted by atomic mass is 10.1. The number of rotatable bonds is 3. The minimum Gasteiger partial charge on any atom is -0.316 e. The van der Waals surface area contributed by atoms with Gasteiger partial charge in [-0.2, -0.15) is 0 Å². The Bertz CT molecular complexity index is 729. The topological polar surface area (TPSA) is 72.2 Å². The number of anilines is 1. The van der Waals surface area contributed by atoms with Crippen molar-refractivity contribution in [3.8, 4) is 0 Å². The molecule has 2 rings (SSSR count). The van der Waals surface area contributed by atoms with Crippen molar-refractivity contribution in [2.45, 2.75) is 13.8 Å². The first kappa shape index (κ1) is 15.2. The molecule has 0 aliphatic carbocycles. The van der Waals surface area contributed by atoms with Crippen LogP contribution in [0, 0.1) is 24.0 Å². The third-order valence-electron chi connectivity index (χ3n) is 3.27. The zero-order valence-electron chi connectivity index (χ0n) is 11.5. The van der Waals surface area contributed by atoms with Crippen LogP contribution < -0.4 is 5.32 Å². The molecule has 0 saturated heterocycles. The number of hydrogen-bond donors (Lipinski definition) is 1. The van der Waals surface area contributed by atoms with Crippen LogP contribution in [0.4, 0.5) is 11.4 Å². The maximum absolute atomic E-state index is 12.3. The smallest absolute Gasteiger partial charge is 0.293 e. The van der Waals surface area contributed by atoms with Gasteiger partial charge in [0.2, 0.25) is 0 Å². The lowest BCUT2D eigenvalue weighted by Gasteiger charge is -2.11. The molecule has 0 atom stereocenters. The molecular weight excluding hydrogens is 336 g/mol. The molecule has 0 aromatic heterocycles. The van der Waals surface area contributed by atoms with Crippen LogP contribution in [0.3, 0.4) is 0 Å². The molecule has 0 aliphatic rings. The van der Waals surface area contributed by atoms with E-state index in [0.717, 1.165) is 5.56 Å². The second kappa shape index (κ2) is 6.05. The summed E-state index contributed by atoms with van der Waals surface area (Å²) in [4.78, 5) is 22.9. The van der Waals surface area contributed by atoms with Crippen LogP contribution in [0.1, 0.15) is 21.5 Å². The number of nitrogens with one attached hydrogen (secondary N) is 1. The molecule has 0 spiro atoms. The van der Waals surface area contributed by atoms with Crippen LogP contribution in [0.15, 0.2) is 40.9 Å². The summed E-state index contributed by atoms with van der Waals surface area (Å²) >= 11 is 3.30. The lowest BCUT2D eigenvalue weighted by Crippen LogP contribution is -2.15. The van der Waals surface area contributed by atoms with Gasteiger partial charge in [0.15, 0.2) is 0 Å². The van der Waals surface area contributed by atoms with Crippen molar-refractivity contribution in [2.75, 3.05) is 5.32 Å². The van der Waals surface area contributed by atoms with Gasteiger partial charge in [-0.1, -0.05) is 18.2 Å². The van der Waals surface area contributed by atoms with Crippen molar-refractivity contribution in [3.05, 3.63) is 67.7 Å². The predicted molar refractivity (Wildman–Crippen MR) is 84.7 cm³/mol. The van der Waals surface area contributed by atoms with E-state index in [-0.39, 0.29) is 17.3 Å². The van der Waals surface area contributed by atoms with E-state index >= 15 is 0 Å². The molecule has 21 heavy (non-hydrogen) atoms. The van der Waals surface area contributed by atoms with E-state index in [4.69, 9.17) is 0 Å². The zero-order valence-corrected chi connectivity index (χ0v) is 13.1. The van der Waals surface area contributed by atoms with Gasteiger partial charge in [0, 0.05) is 10.5 Å². The fourth-order valence-electron chi connectivity index (χ4n) is 1.94. The molecule has 2 aromatic carbocycles. The van der Waals surface area contributed by atoms with Gasteiger partial charge in [-0.25, -0.2) is 0 Å². The van der Waals surface area contributed by atoms with Crippen molar-refractivity contribution in [1.29, 1.82) is 0 Å². The summed E-state index contributed by atoms with van der Waals surface area (Å²) in [6.45, 7) is 3.59. The number of halogens is 1. The highest BCUT2D eigenvalue weighted by molar-refractivity contribution is 9.10. The van der Waals surface area contributed by atoms with Crippen molar-refractivity contribution < 1.29 is 9.72 Å². The molecule has 2 aromatic rings. The summed E-state index contributed by atoms with van der Waals surface area (Å²) in [5.74, 6) is -0.390. The molecule has 0 fully saturated rings. The molecular formula is C15H13BrN2O3. The van der Waals surface area contributed by atoms with Crippen LogP contribution in [0.2, 0.25) is 0 Å². The highest BCUT2D eigenvalue weighted by Crippen LogP contribution is 2.31. The normalized spacial score (nSPS) is 10.2. The minimum atomic E-state index is -0.498. The second-order valence-corrected chi connectivity index (χ2v) is 5.45. The molecule has 108 valence electrons. The Kier molecular flexibility index (Phi) is 4.37. The molecule has 0 saturated carbocycles. The van der Waals surface area contributed by atoms with Crippen molar-refractivity contribution in [2.24, 2.45) is 0 Å². The Morgan fingerprint density at radius 2 is 1.86 bits per heavy atom. The summed E-state index contributed by atoms with van der Waals surface area (Å²) in [5, 5.41) is 13.8. The first-order chi connectivity index (χ1) is 9.91. The first-order valence-electron chi connectivity index (χ1n) is 6.22. The fraction of sp³-hybridized carbons (Fsp3) is 0.133. The molecule has 1 N–H and O–H groups in total. The van der Waals surface area contributed by atoms with Gasteiger partial charge >= 0.3 is 0 Å². The third kappa shape index (κ3) is 3.11. The largest absolute Gasteiger partial charge is 0.316 e. The van der Waals surface area contributed by atoms with E-state index < -0.39 is 4.92 Å². The molecule has 0 unspecified atom stereocenters. The number of aryl methyl sites for hydroxylation is 1. The van der Waals surface area contributed by atoms with Gasteiger partial charge in [-0.05, 0) is 53.0 Å². The SMILES string of the molecule is Cc1ccc([N+](=O)[O-])c(NC(=O)c2ccccc2Br)c1C. The summed E-state index contributed by atoms with van der Waals surface area (Å²) in [6.07, 6.45) is 0. The Labute approximate surface area is 130 Å². The van der Waals surface area contributed by atoms with E-state index in [1.54, 1.807) is 37.3 Å². The van der Waals surface area contributed by atoms with Gasteiger partial charge in [0.05, 0.1) is 10.5 Å². The number of carbonyl (C=O) groups excluding carboxylic acids is 1. The molecule has 6 heteroatoms. The number of amides is 1. The van der Waals surface area contributed by atoms with Gasteiger partial charge < -0.3 is 5.32 Å².